The summed E-state index contributed by atoms with van der Waals surface area (Å²) in [6, 6.07) is 6.97. The number of Topliss-reactive ketones (excluding diaryl/α,β-unsaturated/α-hetero) is 1. The molecule has 194 valence electrons. The number of allylic oxidation sites excluding steroid dienone is 1. The maximum Gasteiger partial charge on any atom is 0.337 e. The van der Waals surface area contributed by atoms with Crippen LogP contribution < -0.4 is 11.1 Å². The van der Waals surface area contributed by atoms with Gasteiger partial charge in [0.05, 0.1) is 40.9 Å². The fraction of sp³-hybridized carbons (Fsp3) is 0.483. The second-order valence-electron chi connectivity index (χ2n) is 11.3. The molecule has 3 N–H and O–H groups in total. The van der Waals surface area contributed by atoms with Crippen molar-refractivity contribution in [2.24, 2.45) is 23.2 Å². The Morgan fingerprint density at radius 2 is 1.51 bits per heavy atom. The Bertz CT molecular complexity index is 1300. The van der Waals surface area contributed by atoms with Crippen molar-refractivity contribution in [1.82, 2.24) is 0 Å². The van der Waals surface area contributed by atoms with E-state index in [1.165, 1.54) is 44.8 Å². The molecule has 2 aromatic rings. The van der Waals surface area contributed by atoms with Crippen LogP contribution >= 0.6 is 11.3 Å². The molecule has 8 heteroatoms. The molecule has 2 heterocycles. The van der Waals surface area contributed by atoms with Gasteiger partial charge < -0.3 is 20.5 Å². The molecule has 5 aliphatic rings. The van der Waals surface area contributed by atoms with Gasteiger partial charge in [0.15, 0.2) is 5.78 Å². The first-order valence-corrected chi connectivity index (χ1v) is 13.8. The van der Waals surface area contributed by atoms with Gasteiger partial charge in [-0.15, -0.1) is 11.3 Å². The Kier molecular flexibility index (Phi) is 5.71. The smallest absolute Gasteiger partial charge is 0.337 e. The second-order valence-corrected chi connectivity index (χ2v) is 12.3. The van der Waals surface area contributed by atoms with Crippen LogP contribution in [0.1, 0.15) is 82.5 Å². The summed E-state index contributed by atoms with van der Waals surface area (Å²) in [4.78, 5) is 39.8. The molecule has 4 aliphatic carbocycles. The van der Waals surface area contributed by atoms with Gasteiger partial charge in [-0.2, -0.15) is 0 Å². The monoisotopic (exact) mass is 520 g/mol. The summed E-state index contributed by atoms with van der Waals surface area (Å²) in [6.45, 7) is 1.83. The number of benzene rings is 1. The van der Waals surface area contributed by atoms with E-state index in [4.69, 9.17) is 15.2 Å². The highest BCUT2D eigenvalue weighted by Gasteiger charge is 2.55. The Hall–Kier alpha value is -3.13. The van der Waals surface area contributed by atoms with Crippen LogP contribution in [0, 0.1) is 23.2 Å². The van der Waals surface area contributed by atoms with Gasteiger partial charge >= 0.3 is 11.9 Å². The molecule has 1 unspecified atom stereocenters. The van der Waals surface area contributed by atoms with Gasteiger partial charge in [0, 0.05) is 22.6 Å². The van der Waals surface area contributed by atoms with Gasteiger partial charge in [-0.25, -0.2) is 9.59 Å². The molecule has 37 heavy (non-hydrogen) atoms. The van der Waals surface area contributed by atoms with Crippen molar-refractivity contribution in [2.75, 3.05) is 25.3 Å². The van der Waals surface area contributed by atoms with E-state index in [-0.39, 0.29) is 11.2 Å². The van der Waals surface area contributed by atoms with Crippen molar-refractivity contribution in [3.8, 4) is 0 Å². The van der Waals surface area contributed by atoms with Crippen LogP contribution in [-0.2, 0) is 14.3 Å². The minimum absolute atomic E-state index is 0.183. The topological polar surface area (TPSA) is 108 Å². The predicted molar refractivity (Wildman–Crippen MR) is 142 cm³/mol. The number of hydrogen-bond donors (Lipinski definition) is 2. The molecule has 1 atom stereocenters. The van der Waals surface area contributed by atoms with Crippen molar-refractivity contribution < 1.29 is 23.9 Å². The zero-order chi connectivity index (χ0) is 26.1. The van der Waals surface area contributed by atoms with Crippen LogP contribution in [0.4, 0.5) is 10.7 Å². The van der Waals surface area contributed by atoms with Crippen LogP contribution in [0.2, 0.25) is 0 Å². The molecule has 7 nitrogen and oxygen atoms in total. The van der Waals surface area contributed by atoms with E-state index in [1.807, 2.05) is 6.92 Å². The third kappa shape index (κ3) is 3.71. The first kappa shape index (κ1) is 24.2. The number of fused-ring (bicyclic) bond motifs is 1. The predicted octanol–water partition coefficient (Wildman–Crippen LogP) is 5.52. The van der Waals surface area contributed by atoms with Gasteiger partial charge in [0.25, 0.3) is 0 Å². The van der Waals surface area contributed by atoms with Gasteiger partial charge in [-0.3, -0.25) is 4.79 Å². The van der Waals surface area contributed by atoms with Crippen LogP contribution in [0.5, 0.6) is 0 Å². The first-order valence-electron chi connectivity index (χ1n) is 13.0. The number of nitrogens with one attached hydrogen (secondary N) is 1. The van der Waals surface area contributed by atoms with Crippen LogP contribution in [0.25, 0.3) is 0 Å². The highest BCUT2D eigenvalue weighted by atomic mass is 32.1. The average molecular weight is 521 g/mol. The quantitative estimate of drug-likeness (QED) is 0.395. The van der Waals surface area contributed by atoms with Gasteiger partial charge in [0.2, 0.25) is 0 Å². The standard InChI is InChI=1S/C29H32N2O5S/c1-14-20(28(34)36-3)21(18-4-6-19(7-5-18)27(33)35-2)22-23(30)24(37-26(22)31-14)25(32)29-11-15-8-16(12-29)10-17(9-15)13-29/h4-7,15-17,21,31H,8-13,30H2,1-3H3. The zero-order valence-electron chi connectivity index (χ0n) is 21.4. The zero-order valence-corrected chi connectivity index (χ0v) is 22.2. The minimum Gasteiger partial charge on any atom is -0.466 e. The fourth-order valence-corrected chi connectivity index (χ4v) is 9.15. The molecule has 0 spiro atoms. The Morgan fingerprint density at radius 1 is 0.946 bits per heavy atom. The summed E-state index contributed by atoms with van der Waals surface area (Å²) in [5.41, 5.74) is 10.0. The van der Waals surface area contributed by atoms with E-state index in [0.717, 1.165) is 35.4 Å². The Labute approximate surface area is 220 Å². The highest BCUT2D eigenvalue weighted by Crippen LogP contribution is 2.62. The number of hydrogen-bond acceptors (Lipinski definition) is 8. The van der Waals surface area contributed by atoms with Crippen LogP contribution in [0.3, 0.4) is 0 Å². The molecule has 0 saturated heterocycles. The lowest BCUT2D eigenvalue weighted by Crippen LogP contribution is -2.50. The summed E-state index contributed by atoms with van der Waals surface area (Å²) in [6.07, 6.45) is 6.70. The Balaban J connectivity index is 1.44. The van der Waals surface area contributed by atoms with Crippen molar-refractivity contribution >= 4 is 39.7 Å². The molecule has 1 aromatic heterocycles. The number of methoxy groups -OCH3 is 2. The number of esters is 2. The van der Waals surface area contributed by atoms with Crippen molar-refractivity contribution in [2.45, 2.75) is 51.4 Å². The minimum atomic E-state index is -0.524. The van der Waals surface area contributed by atoms with Gasteiger partial charge in [-0.1, -0.05) is 12.1 Å². The largest absolute Gasteiger partial charge is 0.466 e. The number of nitrogen functional groups attached to an aromatic ring is 1. The molecule has 7 rings (SSSR count). The van der Waals surface area contributed by atoms with E-state index < -0.39 is 17.9 Å². The number of carbonyl (C=O) groups is 3. The van der Waals surface area contributed by atoms with Gasteiger partial charge in [-0.05, 0) is 80.9 Å². The lowest BCUT2D eigenvalue weighted by molar-refractivity contribution is -0.136. The normalized spacial score (nSPS) is 29.5. The molecule has 0 amide bonds. The lowest BCUT2D eigenvalue weighted by atomic mass is 9.48. The molecular formula is C29H32N2O5S. The van der Waals surface area contributed by atoms with Gasteiger partial charge in [0.1, 0.15) is 0 Å². The average Bonchev–Trinajstić information content (AvgIpc) is 3.21. The van der Waals surface area contributed by atoms with Crippen molar-refractivity contribution in [3.63, 3.8) is 0 Å². The first-order chi connectivity index (χ1) is 17.7. The molecule has 4 fully saturated rings. The highest BCUT2D eigenvalue weighted by molar-refractivity contribution is 7.19. The number of nitrogens with two attached hydrogens (primary N) is 1. The number of thiophene rings is 1. The fourth-order valence-electron chi connectivity index (χ4n) is 7.88. The van der Waals surface area contributed by atoms with Crippen molar-refractivity contribution in [1.29, 1.82) is 0 Å². The van der Waals surface area contributed by atoms with E-state index in [1.54, 1.807) is 24.3 Å². The summed E-state index contributed by atoms with van der Waals surface area (Å²) in [7, 11) is 2.69. The summed E-state index contributed by atoms with van der Waals surface area (Å²) < 4.78 is 9.98. The van der Waals surface area contributed by atoms with E-state index in [0.29, 0.717) is 45.2 Å². The lowest BCUT2D eigenvalue weighted by Gasteiger charge is -2.55. The number of ketones is 1. The van der Waals surface area contributed by atoms with E-state index >= 15 is 0 Å². The summed E-state index contributed by atoms with van der Waals surface area (Å²) in [5, 5.41) is 4.13. The molecule has 4 saturated carbocycles. The molecular weight excluding hydrogens is 488 g/mol. The number of ether oxygens (including phenoxy) is 2. The SMILES string of the molecule is COC(=O)C1=C(C)Nc2sc(C(=O)C34CC5CC(CC(C5)C3)C4)c(N)c2C1c1ccc(C(=O)OC)cc1. The molecule has 0 radical (unpaired) electrons. The second kappa shape index (κ2) is 8.72. The summed E-state index contributed by atoms with van der Waals surface area (Å²) in [5.74, 6) is 0.722. The van der Waals surface area contributed by atoms with E-state index in [9.17, 15) is 14.4 Å². The number of carbonyl (C=O) groups excluding carboxylic acids is 3. The number of anilines is 2. The van der Waals surface area contributed by atoms with Crippen molar-refractivity contribution in [3.05, 3.63) is 57.1 Å². The number of rotatable bonds is 5. The third-order valence-corrected chi connectivity index (χ3v) is 10.2. The molecule has 1 aliphatic heterocycles. The molecule has 4 bridgehead atoms. The summed E-state index contributed by atoms with van der Waals surface area (Å²) >= 11 is 1.41. The molecule has 1 aromatic carbocycles. The Morgan fingerprint density at radius 3 is 2.05 bits per heavy atom. The van der Waals surface area contributed by atoms with E-state index in [2.05, 4.69) is 5.32 Å². The third-order valence-electron chi connectivity index (χ3n) is 9.06. The maximum atomic E-state index is 14.2. The van der Waals surface area contributed by atoms with Crippen LogP contribution in [-0.4, -0.2) is 31.9 Å². The van der Waals surface area contributed by atoms with Crippen LogP contribution in [0.15, 0.2) is 35.5 Å². The maximum absolute atomic E-state index is 14.2.